The minimum Gasteiger partial charge on any atom is -0.497 e. The van der Waals surface area contributed by atoms with E-state index in [-0.39, 0.29) is 0 Å². The van der Waals surface area contributed by atoms with E-state index < -0.39 is 0 Å². The van der Waals surface area contributed by atoms with E-state index >= 15 is 0 Å². The van der Waals surface area contributed by atoms with Gasteiger partial charge in [-0.1, -0.05) is 12.1 Å². The number of nitriles is 1. The summed E-state index contributed by atoms with van der Waals surface area (Å²) in [7, 11) is 1.67. The Hall–Kier alpha value is -2.61. The van der Waals surface area contributed by atoms with Crippen molar-refractivity contribution in [3.05, 3.63) is 47.9 Å². The van der Waals surface area contributed by atoms with Crippen LogP contribution in [-0.4, -0.2) is 30.2 Å². The standard InChI is InChI=1S/C16H16N4O/c1-21-14-4-2-12(3-5-14)13-6-9-20(11-13)16-15(10-17)18-7-8-19-16/h2-5,7-8,13H,6,9,11H2,1H3. The number of nitrogens with zero attached hydrogens (tertiary/aromatic N) is 4. The molecule has 21 heavy (non-hydrogen) atoms. The van der Waals surface area contributed by atoms with Gasteiger partial charge in [-0.2, -0.15) is 5.26 Å². The molecule has 1 aromatic heterocycles. The Morgan fingerprint density at radius 3 is 2.71 bits per heavy atom. The first kappa shape index (κ1) is 13.4. The van der Waals surface area contributed by atoms with E-state index in [1.54, 1.807) is 19.5 Å². The molecule has 2 aromatic rings. The molecule has 2 heterocycles. The van der Waals surface area contributed by atoms with E-state index in [2.05, 4.69) is 33.1 Å². The SMILES string of the molecule is COc1ccc(C2CCN(c3nccnc3C#N)C2)cc1. The number of hydrogen-bond donors (Lipinski definition) is 0. The van der Waals surface area contributed by atoms with Gasteiger partial charge in [0.2, 0.25) is 0 Å². The largest absolute Gasteiger partial charge is 0.497 e. The van der Waals surface area contributed by atoms with Crippen LogP contribution in [0.5, 0.6) is 5.75 Å². The summed E-state index contributed by atoms with van der Waals surface area (Å²) >= 11 is 0. The molecule has 0 bridgehead atoms. The molecule has 3 rings (SSSR count). The van der Waals surface area contributed by atoms with E-state index in [0.717, 1.165) is 25.3 Å². The Morgan fingerprint density at radius 2 is 2.00 bits per heavy atom. The molecule has 1 fully saturated rings. The Kier molecular flexibility index (Phi) is 3.69. The van der Waals surface area contributed by atoms with Gasteiger partial charge in [-0.25, -0.2) is 9.97 Å². The second-order valence-corrected chi connectivity index (χ2v) is 5.05. The van der Waals surface area contributed by atoms with Crippen molar-refractivity contribution >= 4 is 5.82 Å². The lowest BCUT2D eigenvalue weighted by Crippen LogP contribution is -2.22. The van der Waals surface area contributed by atoms with Gasteiger partial charge in [0.1, 0.15) is 11.8 Å². The highest BCUT2D eigenvalue weighted by molar-refractivity contribution is 5.51. The highest BCUT2D eigenvalue weighted by Gasteiger charge is 2.26. The highest BCUT2D eigenvalue weighted by atomic mass is 16.5. The average molecular weight is 280 g/mol. The third-order valence-corrected chi connectivity index (χ3v) is 3.86. The molecule has 1 aliphatic heterocycles. The van der Waals surface area contributed by atoms with Gasteiger partial charge in [-0.3, -0.25) is 0 Å². The second-order valence-electron chi connectivity index (χ2n) is 5.05. The van der Waals surface area contributed by atoms with Crippen LogP contribution >= 0.6 is 0 Å². The summed E-state index contributed by atoms with van der Waals surface area (Å²) in [5, 5.41) is 9.13. The fourth-order valence-electron chi connectivity index (χ4n) is 2.74. The molecule has 106 valence electrons. The molecule has 0 radical (unpaired) electrons. The predicted octanol–water partition coefficient (Wildman–Crippen LogP) is 2.35. The number of aromatic nitrogens is 2. The van der Waals surface area contributed by atoms with Gasteiger partial charge in [0.25, 0.3) is 0 Å². The molecule has 0 saturated carbocycles. The van der Waals surface area contributed by atoms with Crippen molar-refractivity contribution in [1.29, 1.82) is 5.26 Å². The molecule has 1 saturated heterocycles. The minimum absolute atomic E-state index is 0.396. The molecule has 1 aromatic carbocycles. The predicted molar refractivity (Wildman–Crippen MR) is 79.3 cm³/mol. The van der Waals surface area contributed by atoms with Crippen LogP contribution in [-0.2, 0) is 0 Å². The lowest BCUT2D eigenvalue weighted by Gasteiger charge is -2.18. The number of hydrogen-bond acceptors (Lipinski definition) is 5. The van der Waals surface area contributed by atoms with Crippen LogP contribution in [0.1, 0.15) is 23.6 Å². The zero-order chi connectivity index (χ0) is 14.7. The van der Waals surface area contributed by atoms with Gasteiger partial charge in [0.05, 0.1) is 7.11 Å². The average Bonchev–Trinajstić information content (AvgIpc) is 3.04. The Bertz CT molecular complexity index is 663. The first-order valence-electron chi connectivity index (χ1n) is 6.92. The van der Waals surface area contributed by atoms with Gasteiger partial charge in [0, 0.05) is 31.4 Å². The van der Waals surface area contributed by atoms with Crippen molar-refractivity contribution in [1.82, 2.24) is 9.97 Å². The maximum absolute atomic E-state index is 9.13. The zero-order valence-electron chi connectivity index (χ0n) is 11.9. The van der Waals surface area contributed by atoms with Crippen LogP contribution in [0.2, 0.25) is 0 Å². The fourth-order valence-corrected chi connectivity index (χ4v) is 2.74. The molecular formula is C16H16N4O. The van der Waals surface area contributed by atoms with E-state index in [1.165, 1.54) is 5.56 Å². The summed E-state index contributed by atoms with van der Waals surface area (Å²) in [6, 6.07) is 10.3. The lowest BCUT2D eigenvalue weighted by atomic mass is 9.98. The Morgan fingerprint density at radius 1 is 1.24 bits per heavy atom. The molecule has 0 aliphatic carbocycles. The van der Waals surface area contributed by atoms with Crippen LogP contribution in [0.15, 0.2) is 36.7 Å². The van der Waals surface area contributed by atoms with Gasteiger partial charge in [-0.15, -0.1) is 0 Å². The molecule has 5 heteroatoms. The molecule has 0 N–H and O–H groups in total. The smallest absolute Gasteiger partial charge is 0.183 e. The molecule has 5 nitrogen and oxygen atoms in total. The number of methoxy groups -OCH3 is 1. The van der Waals surface area contributed by atoms with Crippen molar-refractivity contribution < 1.29 is 4.74 Å². The molecule has 0 spiro atoms. The maximum Gasteiger partial charge on any atom is 0.183 e. The molecule has 0 amide bonds. The van der Waals surface area contributed by atoms with E-state index in [0.29, 0.717) is 17.4 Å². The lowest BCUT2D eigenvalue weighted by molar-refractivity contribution is 0.414. The topological polar surface area (TPSA) is 62.0 Å². The van der Waals surface area contributed by atoms with Crippen LogP contribution in [0, 0.1) is 11.3 Å². The molecular weight excluding hydrogens is 264 g/mol. The number of anilines is 1. The van der Waals surface area contributed by atoms with Crippen molar-refractivity contribution in [3.63, 3.8) is 0 Å². The van der Waals surface area contributed by atoms with Crippen molar-refractivity contribution in [2.75, 3.05) is 25.1 Å². The number of rotatable bonds is 3. The minimum atomic E-state index is 0.396. The van der Waals surface area contributed by atoms with Crippen molar-refractivity contribution in [2.24, 2.45) is 0 Å². The van der Waals surface area contributed by atoms with E-state index in [4.69, 9.17) is 10.00 Å². The van der Waals surface area contributed by atoms with Crippen LogP contribution in [0.3, 0.4) is 0 Å². The first-order chi connectivity index (χ1) is 10.3. The monoisotopic (exact) mass is 280 g/mol. The van der Waals surface area contributed by atoms with Gasteiger partial charge in [0.15, 0.2) is 11.5 Å². The summed E-state index contributed by atoms with van der Waals surface area (Å²) in [4.78, 5) is 10.5. The van der Waals surface area contributed by atoms with Gasteiger partial charge in [-0.05, 0) is 24.1 Å². The zero-order valence-corrected chi connectivity index (χ0v) is 11.9. The highest BCUT2D eigenvalue weighted by Crippen LogP contribution is 2.31. The summed E-state index contributed by atoms with van der Waals surface area (Å²) < 4.78 is 5.19. The van der Waals surface area contributed by atoms with Crippen molar-refractivity contribution in [2.45, 2.75) is 12.3 Å². The number of benzene rings is 1. The van der Waals surface area contributed by atoms with Crippen LogP contribution in [0.4, 0.5) is 5.82 Å². The van der Waals surface area contributed by atoms with Crippen molar-refractivity contribution in [3.8, 4) is 11.8 Å². The first-order valence-corrected chi connectivity index (χ1v) is 6.92. The molecule has 1 atom stereocenters. The van der Waals surface area contributed by atoms with Crippen LogP contribution < -0.4 is 9.64 Å². The van der Waals surface area contributed by atoms with E-state index in [1.807, 2.05) is 12.1 Å². The van der Waals surface area contributed by atoms with E-state index in [9.17, 15) is 0 Å². The van der Waals surface area contributed by atoms with Gasteiger partial charge < -0.3 is 9.64 Å². The quantitative estimate of drug-likeness (QED) is 0.863. The third kappa shape index (κ3) is 2.65. The molecule has 1 aliphatic rings. The fraction of sp³-hybridized carbons (Fsp3) is 0.312. The van der Waals surface area contributed by atoms with Crippen LogP contribution in [0.25, 0.3) is 0 Å². The maximum atomic E-state index is 9.13. The van der Waals surface area contributed by atoms with Gasteiger partial charge >= 0.3 is 0 Å². The molecule has 1 unspecified atom stereocenters. The summed E-state index contributed by atoms with van der Waals surface area (Å²) in [5.41, 5.74) is 1.69. The summed E-state index contributed by atoms with van der Waals surface area (Å²) in [5.74, 6) is 2.01. The Labute approximate surface area is 123 Å². The second kappa shape index (κ2) is 5.80. The normalized spacial score (nSPS) is 17.5. The summed E-state index contributed by atoms with van der Waals surface area (Å²) in [6.45, 7) is 1.75. The summed E-state index contributed by atoms with van der Waals surface area (Å²) in [6.07, 6.45) is 4.24. The Balaban J connectivity index is 1.77. The third-order valence-electron chi connectivity index (χ3n) is 3.86. The number of ether oxygens (including phenoxy) is 1.